The molecular formula is C23H32BrNO5. The smallest absolute Gasteiger partial charge is 0.408 e. The quantitative estimate of drug-likeness (QED) is 0.258. The largest absolute Gasteiger partial charge is 0.459 e. The highest BCUT2D eigenvalue weighted by molar-refractivity contribution is 9.10. The molecule has 30 heavy (non-hydrogen) atoms. The first-order valence-electron chi connectivity index (χ1n) is 10.6. The molecule has 1 aliphatic rings. The molecule has 0 aliphatic heterocycles. The number of halogens is 1. The third kappa shape index (κ3) is 8.09. The maximum atomic E-state index is 13.2. The lowest BCUT2D eigenvalue weighted by Gasteiger charge is -2.28. The molecule has 0 aromatic heterocycles. The van der Waals surface area contributed by atoms with Crippen LogP contribution in [0.4, 0.5) is 4.79 Å². The van der Waals surface area contributed by atoms with Crippen molar-refractivity contribution < 1.29 is 23.9 Å². The average Bonchev–Trinajstić information content (AvgIpc) is 2.98. The summed E-state index contributed by atoms with van der Waals surface area (Å²) in [6, 6.07) is 8.53. The van der Waals surface area contributed by atoms with Crippen LogP contribution >= 0.6 is 15.9 Å². The van der Waals surface area contributed by atoms with Crippen molar-refractivity contribution in [3.8, 4) is 0 Å². The fourth-order valence-corrected chi connectivity index (χ4v) is 3.96. The number of ketones is 1. The fourth-order valence-electron chi connectivity index (χ4n) is 3.58. The molecule has 1 aromatic carbocycles. The molecule has 0 spiro atoms. The summed E-state index contributed by atoms with van der Waals surface area (Å²) >= 11 is 3.20. The Morgan fingerprint density at radius 1 is 1.07 bits per heavy atom. The highest BCUT2D eigenvalue weighted by Crippen LogP contribution is 2.28. The Morgan fingerprint density at radius 2 is 1.67 bits per heavy atom. The van der Waals surface area contributed by atoms with Crippen LogP contribution in [0.1, 0.15) is 64.9 Å². The van der Waals surface area contributed by atoms with Gasteiger partial charge in [-0.15, -0.1) is 0 Å². The van der Waals surface area contributed by atoms with Crippen LogP contribution in [0, 0.1) is 5.92 Å². The molecule has 7 heteroatoms. The number of carbonyl (C=O) groups excluding carboxylic acids is 3. The summed E-state index contributed by atoms with van der Waals surface area (Å²) < 4.78 is 10.7. The van der Waals surface area contributed by atoms with Gasteiger partial charge in [0.15, 0.2) is 10.6 Å². The van der Waals surface area contributed by atoms with Crippen molar-refractivity contribution >= 4 is 33.8 Å². The van der Waals surface area contributed by atoms with E-state index in [0.717, 1.165) is 44.1 Å². The van der Waals surface area contributed by atoms with E-state index in [0.29, 0.717) is 0 Å². The molecule has 2 atom stereocenters. The van der Waals surface area contributed by atoms with Crippen LogP contribution in [0.5, 0.6) is 0 Å². The summed E-state index contributed by atoms with van der Waals surface area (Å²) in [6.45, 7) is 5.35. The van der Waals surface area contributed by atoms with Gasteiger partial charge in [0.05, 0.1) is 6.04 Å². The zero-order chi connectivity index (χ0) is 22.1. The van der Waals surface area contributed by atoms with Gasteiger partial charge in [-0.3, -0.25) is 9.59 Å². The van der Waals surface area contributed by atoms with Crippen molar-refractivity contribution in [1.29, 1.82) is 0 Å². The molecule has 1 fully saturated rings. The number of ether oxygens (including phenoxy) is 2. The second-order valence-electron chi connectivity index (χ2n) is 8.73. The number of Topliss-reactive ketones (excluding diaryl/α,β-unsaturated/α-hetero) is 1. The van der Waals surface area contributed by atoms with E-state index in [2.05, 4.69) is 21.2 Å². The van der Waals surface area contributed by atoms with E-state index in [-0.39, 0.29) is 12.5 Å². The van der Waals surface area contributed by atoms with Gasteiger partial charge in [-0.25, -0.2) is 4.79 Å². The predicted molar refractivity (Wildman–Crippen MR) is 118 cm³/mol. The number of hydrogen-bond acceptors (Lipinski definition) is 5. The number of rotatable bonds is 7. The van der Waals surface area contributed by atoms with Gasteiger partial charge in [-0.2, -0.15) is 0 Å². The Labute approximate surface area is 187 Å². The van der Waals surface area contributed by atoms with Crippen molar-refractivity contribution in [3.63, 3.8) is 0 Å². The molecule has 0 bridgehead atoms. The maximum Gasteiger partial charge on any atom is 0.408 e. The van der Waals surface area contributed by atoms with Crippen LogP contribution < -0.4 is 5.32 Å². The van der Waals surface area contributed by atoms with E-state index >= 15 is 0 Å². The van der Waals surface area contributed by atoms with Crippen LogP contribution in [-0.4, -0.2) is 34.3 Å². The molecule has 6 nitrogen and oxygen atoms in total. The summed E-state index contributed by atoms with van der Waals surface area (Å²) in [5, 5.41) is 2.73. The van der Waals surface area contributed by atoms with Gasteiger partial charge in [0.25, 0.3) is 0 Å². The van der Waals surface area contributed by atoms with E-state index < -0.39 is 34.3 Å². The predicted octanol–water partition coefficient (Wildman–Crippen LogP) is 4.93. The Kier molecular flexibility index (Phi) is 9.34. The topological polar surface area (TPSA) is 81.7 Å². The molecule has 166 valence electrons. The minimum Gasteiger partial charge on any atom is -0.459 e. The number of carbonyl (C=O) groups is 3. The van der Waals surface area contributed by atoms with Crippen LogP contribution in [0.2, 0.25) is 0 Å². The molecule has 0 saturated heterocycles. The highest BCUT2D eigenvalue weighted by Gasteiger charge is 2.38. The molecule has 1 N–H and O–H groups in total. The summed E-state index contributed by atoms with van der Waals surface area (Å²) in [7, 11) is 0. The third-order valence-corrected chi connectivity index (χ3v) is 5.85. The number of benzene rings is 1. The first-order valence-corrected chi connectivity index (χ1v) is 11.5. The first-order chi connectivity index (χ1) is 14.2. The van der Waals surface area contributed by atoms with Gasteiger partial charge in [0.1, 0.15) is 12.2 Å². The Morgan fingerprint density at radius 3 is 2.23 bits per heavy atom. The monoisotopic (exact) mass is 481 g/mol. The summed E-state index contributed by atoms with van der Waals surface area (Å²) in [4.78, 5) is 36.9. The van der Waals surface area contributed by atoms with Crippen LogP contribution in [-0.2, 0) is 25.7 Å². The van der Waals surface area contributed by atoms with Crippen molar-refractivity contribution in [2.45, 2.75) is 82.4 Å². The number of alkyl halides is 1. The lowest BCUT2D eigenvalue weighted by Crippen LogP contribution is -2.51. The number of nitrogens with one attached hydrogen (secondary N) is 1. The minimum atomic E-state index is -1.14. The summed E-state index contributed by atoms with van der Waals surface area (Å²) in [6.07, 6.45) is 5.19. The van der Waals surface area contributed by atoms with E-state index in [1.165, 1.54) is 0 Å². The third-order valence-electron chi connectivity index (χ3n) is 5.03. The molecule has 1 aromatic rings. The Balaban J connectivity index is 2.08. The van der Waals surface area contributed by atoms with E-state index in [4.69, 9.17) is 9.47 Å². The van der Waals surface area contributed by atoms with E-state index in [9.17, 15) is 14.4 Å². The molecule has 1 unspecified atom stereocenters. The van der Waals surface area contributed by atoms with Gasteiger partial charge < -0.3 is 14.8 Å². The molecule has 0 heterocycles. The SMILES string of the molecule is CC(C)(C)OC(=O)C(Br)C(=O)[C@@H](NC(=O)OCc1ccccc1)C1CCCCCC1. The molecule has 1 amide bonds. The molecule has 0 radical (unpaired) electrons. The standard InChI is InChI=1S/C23H32BrNO5/c1-23(2,3)30-21(27)18(24)20(26)19(17-13-9-4-5-10-14-17)25-22(28)29-15-16-11-7-6-8-12-16/h6-8,11-12,17-19H,4-5,9-10,13-15H2,1-3H3,(H,25,28)/t18?,19-/m0/s1. The molecule has 1 saturated carbocycles. The fraction of sp³-hybridized carbons (Fsp3) is 0.609. The Bertz CT molecular complexity index is 708. The van der Waals surface area contributed by atoms with Crippen molar-refractivity contribution in [3.05, 3.63) is 35.9 Å². The lowest BCUT2D eigenvalue weighted by atomic mass is 9.88. The van der Waals surface area contributed by atoms with Gasteiger partial charge in [-0.05, 0) is 45.1 Å². The highest BCUT2D eigenvalue weighted by atomic mass is 79.9. The molecular weight excluding hydrogens is 450 g/mol. The van der Waals surface area contributed by atoms with E-state index in [1.54, 1.807) is 20.8 Å². The second kappa shape index (κ2) is 11.5. The zero-order valence-corrected chi connectivity index (χ0v) is 19.6. The van der Waals surface area contributed by atoms with Crippen LogP contribution in [0.15, 0.2) is 30.3 Å². The van der Waals surface area contributed by atoms with Gasteiger partial charge in [0, 0.05) is 0 Å². The van der Waals surface area contributed by atoms with Crippen molar-refractivity contribution in [2.75, 3.05) is 0 Å². The molecule has 2 rings (SSSR count). The van der Waals surface area contributed by atoms with Gasteiger partial charge >= 0.3 is 12.1 Å². The zero-order valence-electron chi connectivity index (χ0n) is 18.0. The van der Waals surface area contributed by atoms with Crippen LogP contribution in [0.25, 0.3) is 0 Å². The normalized spacial score (nSPS) is 17.3. The van der Waals surface area contributed by atoms with Crippen molar-refractivity contribution in [1.82, 2.24) is 5.32 Å². The van der Waals surface area contributed by atoms with Crippen LogP contribution in [0.3, 0.4) is 0 Å². The first kappa shape index (κ1) is 24.4. The Hall–Kier alpha value is -1.89. The number of esters is 1. The number of amides is 1. The molecule has 1 aliphatic carbocycles. The summed E-state index contributed by atoms with van der Waals surface area (Å²) in [5.74, 6) is -1.08. The van der Waals surface area contributed by atoms with Crippen molar-refractivity contribution in [2.24, 2.45) is 5.92 Å². The number of alkyl carbamates (subject to hydrolysis) is 1. The van der Waals surface area contributed by atoms with Gasteiger partial charge in [-0.1, -0.05) is 71.9 Å². The number of hydrogen-bond donors (Lipinski definition) is 1. The van der Waals surface area contributed by atoms with Gasteiger partial charge in [0.2, 0.25) is 0 Å². The lowest BCUT2D eigenvalue weighted by molar-refractivity contribution is -0.155. The average molecular weight is 482 g/mol. The minimum absolute atomic E-state index is 0.0354. The summed E-state index contributed by atoms with van der Waals surface area (Å²) in [5.41, 5.74) is 0.153. The second-order valence-corrected chi connectivity index (χ2v) is 9.65. The van der Waals surface area contributed by atoms with E-state index in [1.807, 2.05) is 30.3 Å². The maximum absolute atomic E-state index is 13.2.